The van der Waals surface area contributed by atoms with Crippen molar-refractivity contribution in [3.63, 3.8) is 0 Å². The number of carbonyl (C=O) groups is 1. The maximum absolute atomic E-state index is 11.9. The number of hydrogen-bond acceptors (Lipinski definition) is 9. The molecule has 3 aromatic rings. The molecule has 0 aliphatic carbocycles. The van der Waals surface area contributed by atoms with E-state index in [0.717, 1.165) is 93.0 Å². The largest absolute Gasteiger partial charge is 0.528 e. The number of aromatic nitrogens is 2. The normalized spacial score (nSPS) is 18.4. The number of piperidine rings is 1. The number of fused-ring (bicyclic) bond motifs is 1. The van der Waals surface area contributed by atoms with Gasteiger partial charge in [-0.2, -0.15) is 0 Å². The average Bonchev–Trinajstić information content (AvgIpc) is 3.43. The van der Waals surface area contributed by atoms with E-state index in [9.17, 15) is 4.79 Å². The Labute approximate surface area is 261 Å². The van der Waals surface area contributed by atoms with E-state index in [2.05, 4.69) is 40.0 Å². The molecular formula is C34H49N5O5. The maximum Gasteiger partial charge on any atom is 0.528 e. The average molecular weight is 608 g/mol. The number of para-hydroxylation sites is 2. The van der Waals surface area contributed by atoms with E-state index in [0.29, 0.717) is 19.7 Å². The second-order valence-electron chi connectivity index (χ2n) is 13.0. The number of hydrogen-bond donors (Lipinski definition) is 1. The first kappa shape index (κ1) is 32.2. The second-order valence-corrected chi connectivity index (χ2v) is 13.0. The topological polar surface area (TPSA) is 92.4 Å². The van der Waals surface area contributed by atoms with Gasteiger partial charge < -0.3 is 33.8 Å². The number of piperazine rings is 1. The van der Waals surface area contributed by atoms with E-state index in [1.165, 1.54) is 0 Å². The molecule has 2 fully saturated rings. The van der Waals surface area contributed by atoms with Crippen LogP contribution in [0.5, 0.6) is 5.75 Å². The third-order valence-electron chi connectivity index (χ3n) is 8.12. The monoisotopic (exact) mass is 607 g/mol. The molecule has 0 radical (unpaired) electrons. The molecule has 2 saturated heterocycles. The number of imidazole rings is 1. The summed E-state index contributed by atoms with van der Waals surface area (Å²) in [6.07, 6.45) is 4.49. The van der Waals surface area contributed by atoms with Crippen LogP contribution in [0, 0.1) is 0 Å². The minimum Gasteiger partial charge on any atom is -0.494 e. The molecule has 1 N–H and O–H groups in total. The lowest BCUT2D eigenvalue weighted by atomic mass is 10.1. The predicted molar refractivity (Wildman–Crippen MR) is 171 cm³/mol. The maximum atomic E-state index is 11.9. The number of H-pyrrole nitrogens is 1. The molecule has 10 heteroatoms. The van der Waals surface area contributed by atoms with Gasteiger partial charge in [0, 0.05) is 39.3 Å². The van der Waals surface area contributed by atoms with E-state index in [1.807, 2.05) is 51.1 Å². The van der Waals surface area contributed by atoms with E-state index in [4.69, 9.17) is 24.0 Å². The summed E-state index contributed by atoms with van der Waals surface area (Å²) in [6, 6.07) is 16.4. The van der Waals surface area contributed by atoms with E-state index in [-0.39, 0.29) is 12.2 Å². The van der Waals surface area contributed by atoms with Crippen molar-refractivity contribution in [3.8, 4) is 5.75 Å². The van der Waals surface area contributed by atoms with Gasteiger partial charge in [-0.1, -0.05) is 24.3 Å². The third-order valence-corrected chi connectivity index (χ3v) is 8.12. The van der Waals surface area contributed by atoms with Gasteiger partial charge in [0.2, 0.25) is 0 Å². The molecule has 1 unspecified atom stereocenters. The number of nitrogens with zero attached hydrogens (tertiary/aromatic N) is 4. The lowest BCUT2D eigenvalue weighted by molar-refractivity contribution is -0.158. The Hall–Kier alpha value is -3.18. The summed E-state index contributed by atoms with van der Waals surface area (Å²) >= 11 is 0. The van der Waals surface area contributed by atoms with Crippen LogP contribution in [0.15, 0.2) is 48.5 Å². The van der Waals surface area contributed by atoms with Gasteiger partial charge >= 0.3 is 6.16 Å². The Balaban J connectivity index is 1.07. The van der Waals surface area contributed by atoms with Gasteiger partial charge in [0.25, 0.3) is 0 Å². The molecular weight excluding hydrogens is 558 g/mol. The van der Waals surface area contributed by atoms with Crippen molar-refractivity contribution in [2.75, 3.05) is 59.5 Å². The van der Waals surface area contributed by atoms with Crippen molar-refractivity contribution in [2.45, 2.75) is 70.7 Å². The molecule has 0 amide bonds. The highest BCUT2D eigenvalue weighted by Gasteiger charge is 2.27. The Morgan fingerprint density at radius 3 is 2.50 bits per heavy atom. The van der Waals surface area contributed by atoms with E-state index in [1.54, 1.807) is 5.06 Å². The van der Waals surface area contributed by atoms with Crippen LogP contribution in [0.1, 0.15) is 70.4 Å². The van der Waals surface area contributed by atoms with E-state index >= 15 is 0 Å². The second kappa shape index (κ2) is 15.2. The van der Waals surface area contributed by atoms with Crippen LogP contribution in [0.3, 0.4) is 0 Å². The summed E-state index contributed by atoms with van der Waals surface area (Å²) in [4.78, 5) is 30.4. The van der Waals surface area contributed by atoms with Crippen molar-refractivity contribution >= 4 is 17.2 Å². The smallest absolute Gasteiger partial charge is 0.494 e. The number of unbranched alkanes of at least 4 members (excludes halogenated alkanes) is 2. The van der Waals surface area contributed by atoms with Gasteiger partial charge in [-0.05, 0) is 96.3 Å². The SMILES string of the molecule is CN1CCC(OC(c2cccc(OCCCCCN3CCN(OC(=O)OC(C)(C)C)CC3)c2)c2nc3ccccc3[nH]2)CC1. The molecule has 240 valence electrons. The fraction of sp³-hybridized carbons (Fsp3) is 0.588. The zero-order valence-corrected chi connectivity index (χ0v) is 26.8. The van der Waals surface area contributed by atoms with Crippen LogP contribution >= 0.6 is 0 Å². The highest BCUT2D eigenvalue weighted by atomic mass is 16.8. The molecule has 0 bridgehead atoms. The van der Waals surface area contributed by atoms with Crippen molar-refractivity contribution < 1.29 is 23.8 Å². The van der Waals surface area contributed by atoms with Crippen molar-refractivity contribution in [1.82, 2.24) is 24.8 Å². The molecule has 44 heavy (non-hydrogen) atoms. The fourth-order valence-corrected chi connectivity index (χ4v) is 5.70. The minimum atomic E-state index is -0.633. The van der Waals surface area contributed by atoms with Crippen LogP contribution in [-0.4, -0.2) is 102 Å². The summed E-state index contributed by atoms with van der Waals surface area (Å²) in [5.74, 6) is 1.69. The summed E-state index contributed by atoms with van der Waals surface area (Å²) < 4.78 is 18.2. The van der Waals surface area contributed by atoms with Crippen molar-refractivity contribution in [1.29, 1.82) is 0 Å². The van der Waals surface area contributed by atoms with Gasteiger partial charge in [0.1, 0.15) is 23.3 Å². The zero-order valence-electron chi connectivity index (χ0n) is 26.8. The fourth-order valence-electron chi connectivity index (χ4n) is 5.70. The van der Waals surface area contributed by atoms with Gasteiger partial charge in [0.15, 0.2) is 0 Å². The van der Waals surface area contributed by atoms with Crippen LogP contribution < -0.4 is 4.74 Å². The summed E-state index contributed by atoms with van der Waals surface area (Å²) in [7, 11) is 2.17. The number of hydroxylamine groups is 2. The quantitative estimate of drug-likeness (QED) is 0.203. The molecule has 5 rings (SSSR count). The molecule has 3 heterocycles. The van der Waals surface area contributed by atoms with Gasteiger partial charge in [-0.25, -0.2) is 9.78 Å². The number of nitrogens with one attached hydrogen (secondary N) is 1. The lowest BCUT2D eigenvalue weighted by Gasteiger charge is -2.33. The highest BCUT2D eigenvalue weighted by molar-refractivity contribution is 5.74. The molecule has 0 saturated carbocycles. The minimum absolute atomic E-state index is 0.189. The Morgan fingerprint density at radius 2 is 1.75 bits per heavy atom. The first-order valence-electron chi connectivity index (χ1n) is 16.1. The predicted octanol–water partition coefficient (Wildman–Crippen LogP) is 5.80. The Bertz CT molecular complexity index is 1290. The molecule has 2 aromatic carbocycles. The summed E-state index contributed by atoms with van der Waals surface area (Å²) in [5, 5.41) is 1.70. The molecule has 1 atom stereocenters. The number of aromatic amines is 1. The highest BCUT2D eigenvalue weighted by Crippen LogP contribution is 2.31. The van der Waals surface area contributed by atoms with Crippen molar-refractivity contribution in [2.24, 2.45) is 0 Å². The summed E-state index contributed by atoms with van der Waals surface area (Å²) in [6.45, 7) is 12.4. The first-order valence-corrected chi connectivity index (χ1v) is 16.1. The lowest BCUT2D eigenvalue weighted by Crippen LogP contribution is -2.47. The molecule has 10 nitrogen and oxygen atoms in total. The van der Waals surface area contributed by atoms with Crippen LogP contribution in [0.4, 0.5) is 4.79 Å². The number of benzene rings is 2. The number of likely N-dealkylation sites (tertiary alicyclic amines) is 1. The molecule has 1 aromatic heterocycles. The van der Waals surface area contributed by atoms with Gasteiger partial charge in [0.05, 0.1) is 23.7 Å². The van der Waals surface area contributed by atoms with Gasteiger partial charge in [-0.3, -0.25) is 0 Å². The number of carbonyl (C=O) groups excluding carboxylic acids is 1. The zero-order chi connectivity index (χ0) is 30.9. The summed E-state index contributed by atoms with van der Waals surface area (Å²) in [5.41, 5.74) is 2.46. The Kier molecular flexibility index (Phi) is 11.1. The van der Waals surface area contributed by atoms with Crippen LogP contribution in [0.25, 0.3) is 11.0 Å². The standard InChI is InChI=1S/C34H49N5O5/c1-34(2,3)43-33(40)44-39-22-20-38(21-23-39)17-8-5-9-24-41-28-12-10-11-26(25-28)31(42-27-15-18-37(4)19-16-27)32-35-29-13-6-7-14-30(29)36-32/h6-7,10-14,25,27,31H,5,8-9,15-24H2,1-4H3,(H,35,36). The first-order chi connectivity index (χ1) is 21.2. The number of ether oxygens (including phenoxy) is 3. The number of rotatable bonds is 12. The van der Waals surface area contributed by atoms with Crippen molar-refractivity contribution in [3.05, 3.63) is 59.9 Å². The van der Waals surface area contributed by atoms with E-state index < -0.39 is 11.8 Å². The Morgan fingerprint density at radius 1 is 0.977 bits per heavy atom. The van der Waals surface area contributed by atoms with Gasteiger partial charge in [-0.15, -0.1) is 5.06 Å². The third kappa shape index (κ3) is 9.66. The van der Waals surface area contributed by atoms with Crippen LogP contribution in [-0.2, 0) is 14.3 Å². The molecule has 0 spiro atoms. The molecule has 2 aliphatic heterocycles. The van der Waals surface area contributed by atoms with Crippen LogP contribution in [0.2, 0.25) is 0 Å². The molecule has 2 aliphatic rings.